The van der Waals surface area contributed by atoms with Crippen LogP contribution in [-0.4, -0.2) is 37.7 Å². The maximum Gasteiger partial charge on any atom is 0.348 e. The van der Waals surface area contributed by atoms with Crippen molar-refractivity contribution in [3.63, 3.8) is 0 Å². The highest BCUT2D eigenvalue weighted by Gasteiger charge is 2.20. The summed E-state index contributed by atoms with van der Waals surface area (Å²) in [6, 6.07) is 1.92. The first-order valence-electron chi connectivity index (χ1n) is 7.89. The third-order valence-electron chi connectivity index (χ3n) is 4.08. The largest absolute Gasteiger partial charge is 0.451 e. The molecule has 1 aliphatic heterocycles. The topological polar surface area (TPSA) is 64.6 Å². The Labute approximate surface area is 134 Å². The fourth-order valence-corrected chi connectivity index (χ4v) is 4.02. The summed E-state index contributed by atoms with van der Waals surface area (Å²) in [5.74, 6) is -0.670. The van der Waals surface area contributed by atoms with Gasteiger partial charge in [0.15, 0.2) is 6.61 Å². The standard InChI is InChI=1S/C16H21NO4S/c18-15(17-9-12-5-3-7-20-12)10-21-16(19)14-8-11-4-1-2-6-13(11)22-14/h8,12H,1-7,9-10H2,(H,17,18)/t12-/m0/s1. The van der Waals surface area contributed by atoms with E-state index < -0.39 is 5.97 Å². The molecule has 1 aromatic rings. The van der Waals surface area contributed by atoms with Gasteiger partial charge in [-0.25, -0.2) is 4.79 Å². The van der Waals surface area contributed by atoms with Crippen LogP contribution in [0.3, 0.4) is 0 Å². The number of esters is 1. The van der Waals surface area contributed by atoms with Gasteiger partial charge >= 0.3 is 5.97 Å². The van der Waals surface area contributed by atoms with E-state index in [0.717, 1.165) is 32.3 Å². The lowest BCUT2D eigenvalue weighted by atomic mass is 9.99. The summed E-state index contributed by atoms with van der Waals surface area (Å²) >= 11 is 1.50. The molecule has 5 nitrogen and oxygen atoms in total. The van der Waals surface area contributed by atoms with Crippen LogP contribution in [0.15, 0.2) is 6.07 Å². The zero-order chi connectivity index (χ0) is 15.4. The number of carbonyl (C=O) groups is 2. The highest BCUT2D eigenvalue weighted by molar-refractivity contribution is 7.14. The van der Waals surface area contributed by atoms with E-state index in [1.165, 1.54) is 34.6 Å². The summed E-state index contributed by atoms with van der Waals surface area (Å²) in [7, 11) is 0. The van der Waals surface area contributed by atoms with E-state index in [-0.39, 0.29) is 18.6 Å². The van der Waals surface area contributed by atoms with E-state index in [1.807, 2.05) is 6.07 Å². The minimum atomic E-state index is -0.397. The van der Waals surface area contributed by atoms with E-state index in [4.69, 9.17) is 9.47 Å². The number of hydrogen-bond acceptors (Lipinski definition) is 5. The van der Waals surface area contributed by atoms with Crippen molar-refractivity contribution in [1.82, 2.24) is 5.32 Å². The first-order chi connectivity index (χ1) is 10.7. The van der Waals surface area contributed by atoms with Crippen LogP contribution in [0.1, 0.15) is 45.8 Å². The van der Waals surface area contributed by atoms with E-state index in [1.54, 1.807) is 0 Å². The summed E-state index contributed by atoms with van der Waals surface area (Å²) < 4.78 is 10.5. The maximum absolute atomic E-state index is 12.0. The second-order valence-corrected chi connectivity index (χ2v) is 6.92. The molecule has 120 valence electrons. The Bertz CT molecular complexity index is 525. The van der Waals surface area contributed by atoms with Gasteiger partial charge in [-0.1, -0.05) is 0 Å². The molecule has 1 aromatic heterocycles. The molecule has 3 rings (SSSR count). The highest BCUT2D eigenvalue weighted by atomic mass is 32.1. The normalized spacial score (nSPS) is 20.5. The Morgan fingerprint density at radius 3 is 2.95 bits per heavy atom. The van der Waals surface area contributed by atoms with Gasteiger partial charge in [0.2, 0.25) is 0 Å². The molecule has 0 bridgehead atoms. The van der Waals surface area contributed by atoms with Crippen molar-refractivity contribution < 1.29 is 19.1 Å². The zero-order valence-corrected chi connectivity index (χ0v) is 13.4. The molecule has 1 amide bonds. The van der Waals surface area contributed by atoms with Crippen LogP contribution in [0.5, 0.6) is 0 Å². The first kappa shape index (κ1) is 15.5. The predicted octanol–water partition coefficient (Wildman–Crippen LogP) is 2.08. The first-order valence-corrected chi connectivity index (χ1v) is 8.71. The Morgan fingerprint density at radius 2 is 2.18 bits per heavy atom. The van der Waals surface area contributed by atoms with Gasteiger partial charge in [0.05, 0.1) is 6.10 Å². The molecule has 2 heterocycles. The van der Waals surface area contributed by atoms with Crippen LogP contribution < -0.4 is 5.32 Å². The van der Waals surface area contributed by atoms with Gasteiger partial charge in [0, 0.05) is 18.0 Å². The number of rotatable bonds is 5. The van der Waals surface area contributed by atoms with Gasteiger partial charge in [-0.05, 0) is 50.2 Å². The molecule has 0 aromatic carbocycles. The number of ether oxygens (including phenoxy) is 2. The van der Waals surface area contributed by atoms with Crippen molar-refractivity contribution in [2.45, 2.75) is 44.6 Å². The molecule has 0 unspecified atom stereocenters. The summed E-state index contributed by atoms with van der Waals surface area (Å²) in [6.07, 6.45) is 6.58. The lowest BCUT2D eigenvalue weighted by molar-refractivity contribution is -0.124. The molecule has 0 spiro atoms. The Balaban J connectivity index is 1.43. The molecule has 1 atom stereocenters. The zero-order valence-electron chi connectivity index (χ0n) is 12.6. The van der Waals surface area contributed by atoms with E-state index in [9.17, 15) is 9.59 Å². The smallest absolute Gasteiger partial charge is 0.348 e. The van der Waals surface area contributed by atoms with Gasteiger partial charge in [-0.3, -0.25) is 4.79 Å². The van der Waals surface area contributed by atoms with Gasteiger partial charge < -0.3 is 14.8 Å². The second-order valence-electron chi connectivity index (χ2n) is 5.78. The van der Waals surface area contributed by atoms with Crippen LogP contribution in [0, 0.1) is 0 Å². The van der Waals surface area contributed by atoms with Crippen molar-refractivity contribution in [2.24, 2.45) is 0 Å². The van der Waals surface area contributed by atoms with Gasteiger partial charge in [-0.15, -0.1) is 11.3 Å². The molecule has 6 heteroatoms. The third kappa shape index (κ3) is 3.87. The SMILES string of the molecule is O=C(COC(=O)c1cc2c(s1)CCCC2)NC[C@@H]1CCCO1. The Hall–Kier alpha value is -1.40. The van der Waals surface area contributed by atoms with E-state index in [0.29, 0.717) is 11.4 Å². The molecule has 1 N–H and O–H groups in total. The summed E-state index contributed by atoms with van der Waals surface area (Å²) in [5.41, 5.74) is 1.27. The third-order valence-corrected chi connectivity index (χ3v) is 5.30. The molecule has 22 heavy (non-hydrogen) atoms. The number of thiophene rings is 1. The molecule has 0 saturated carbocycles. The summed E-state index contributed by atoms with van der Waals surface area (Å²) in [4.78, 5) is 25.6. The minimum absolute atomic E-state index is 0.101. The van der Waals surface area contributed by atoms with Gasteiger partial charge in [-0.2, -0.15) is 0 Å². The van der Waals surface area contributed by atoms with Crippen molar-refractivity contribution in [3.8, 4) is 0 Å². The highest BCUT2D eigenvalue weighted by Crippen LogP contribution is 2.29. The van der Waals surface area contributed by atoms with Crippen LogP contribution in [0.2, 0.25) is 0 Å². The van der Waals surface area contributed by atoms with Crippen LogP contribution in [0.25, 0.3) is 0 Å². The molecule has 1 fully saturated rings. The Morgan fingerprint density at radius 1 is 1.32 bits per heavy atom. The fraction of sp³-hybridized carbons (Fsp3) is 0.625. The number of nitrogens with one attached hydrogen (secondary N) is 1. The van der Waals surface area contributed by atoms with Crippen molar-refractivity contribution >= 4 is 23.2 Å². The average molecular weight is 323 g/mol. The number of aryl methyl sites for hydroxylation is 2. The van der Waals surface area contributed by atoms with Crippen molar-refractivity contribution in [2.75, 3.05) is 19.8 Å². The molecular formula is C16H21NO4S. The van der Waals surface area contributed by atoms with Gasteiger partial charge in [0.1, 0.15) is 4.88 Å². The number of fused-ring (bicyclic) bond motifs is 1. The average Bonchev–Trinajstić information content (AvgIpc) is 3.19. The monoisotopic (exact) mass is 323 g/mol. The number of carbonyl (C=O) groups excluding carboxylic acids is 2. The molecule has 0 radical (unpaired) electrons. The Kier molecular flexibility index (Phi) is 5.10. The van der Waals surface area contributed by atoms with Crippen LogP contribution >= 0.6 is 11.3 Å². The molecule has 1 saturated heterocycles. The van der Waals surface area contributed by atoms with E-state index >= 15 is 0 Å². The lowest BCUT2D eigenvalue weighted by Crippen LogP contribution is -2.34. The predicted molar refractivity (Wildman–Crippen MR) is 83.2 cm³/mol. The maximum atomic E-state index is 12.0. The van der Waals surface area contributed by atoms with Crippen molar-refractivity contribution in [1.29, 1.82) is 0 Å². The lowest BCUT2D eigenvalue weighted by Gasteiger charge is -2.10. The molecule has 1 aliphatic carbocycles. The number of hydrogen-bond donors (Lipinski definition) is 1. The van der Waals surface area contributed by atoms with Crippen LogP contribution in [0.4, 0.5) is 0 Å². The quantitative estimate of drug-likeness (QED) is 0.843. The summed E-state index contributed by atoms with van der Waals surface area (Å²) in [5, 5.41) is 2.74. The molecular weight excluding hydrogens is 302 g/mol. The number of amides is 1. The summed E-state index contributed by atoms with van der Waals surface area (Å²) in [6.45, 7) is 1.02. The van der Waals surface area contributed by atoms with Gasteiger partial charge in [0.25, 0.3) is 5.91 Å². The van der Waals surface area contributed by atoms with Crippen molar-refractivity contribution in [3.05, 3.63) is 21.4 Å². The second kappa shape index (κ2) is 7.24. The van der Waals surface area contributed by atoms with E-state index in [2.05, 4.69) is 5.32 Å². The minimum Gasteiger partial charge on any atom is -0.451 e. The molecule has 2 aliphatic rings. The van der Waals surface area contributed by atoms with Crippen LogP contribution in [-0.2, 0) is 27.1 Å². The fourth-order valence-electron chi connectivity index (χ4n) is 2.88.